The number of fused-ring (bicyclic) bond motifs is 1. The number of aromatic nitrogens is 1. The van der Waals surface area contributed by atoms with Gasteiger partial charge in [0.25, 0.3) is 0 Å². The third-order valence-corrected chi connectivity index (χ3v) is 2.68. The molecule has 0 saturated carbocycles. The third kappa shape index (κ3) is 1.04. The number of halogens is 2. The van der Waals surface area contributed by atoms with Crippen LogP contribution in [0.25, 0.3) is 11.0 Å². The van der Waals surface area contributed by atoms with Crippen molar-refractivity contribution in [2.45, 2.75) is 0 Å². The van der Waals surface area contributed by atoms with E-state index in [4.69, 9.17) is 16.1 Å². The lowest BCUT2D eigenvalue weighted by Crippen LogP contribution is -1.68. The Bertz CT molecular complexity index is 398. The molecule has 0 radical (unpaired) electrons. The fourth-order valence-electron chi connectivity index (χ4n) is 0.877. The molecule has 0 amide bonds. The quantitative estimate of drug-likeness (QED) is 0.697. The van der Waals surface area contributed by atoms with Crippen LogP contribution in [0.15, 0.2) is 27.3 Å². The molecule has 0 aliphatic heterocycles. The minimum absolute atomic E-state index is 0.569. The molecular formula is C7H3BrClNO. The zero-order valence-corrected chi connectivity index (χ0v) is 7.69. The van der Waals surface area contributed by atoms with Crippen molar-refractivity contribution >= 4 is 38.5 Å². The van der Waals surface area contributed by atoms with Crippen molar-refractivity contribution in [3.63, 3.8) is 0 Å². The highest BCUT2D eigenvalue weighted by molar-refractivity contribution is 9.10. The maximum atomic E-state index is 5.89. The molecule has 0 aliphatic carbocycles. The van der Waals surface area contributed by atoms with Crippen LogP contribution in [0.1, 0.15) is 0 Å². The van der Waals surface area contributed by atoms with E-state index >= 15 is 0 Å². The van der Waals surface area contributed by atoms with Crippen LogP contribution in [-0.4, -0.2) is 5.16 Å². The highest BCUT2D eigenvalue weighted by Crippen LogP contribution is 2.30. The minimum Gasteiger partial charge on any atom is -0.355 e. The van der Waals surface area contributed by atoms with Crippen LogP contribution in [0.2, 0.25) is 5.02 Å². The smallest absolute Gasteiger partial charge is 0.186 e. The lowest BCUT2D eigenvalue weighted by molar-refractivity contribution is 0.456. The summed E-state index contributed by atoms with van der Waals surface area (Å²) in [6, 6.07) is 3.75. The summed E-state index contributed by atoms with van der Waals surface area (Å²) in [5.41, 5.74) is 0.626. The van der Waals surface area contributed by atoms with Gasteiger partial charge in [-0.1, -0.05) is 16.8 Å². The van der Waals surface area contributed by atoms with E-state index in [0.717, 1.165) is 9.86 Å². The molecule has 11 heavy (non-hydrogen) atoms. The first-order chi connectivity index (χ1) is 5.29. The van der Waals surface area contributed by atoms with E-state index in [0.29, 0.717) is 10.6 Å². The summed E-state index contributed by atoms with van der Waals surface area (Å²) in [4.78, 5) is 0. The zero-order chi connectivity index (χ0) is 7.84. The monoisotopic (exact) mass is 231 g/mol. The van der Waals surface area contributed by atoms with Gasteiger partial charge in [0.15, 0.2) is 5.58 Å². The van der Waals surface area contributed by atoms with Crippen molar-refractivity contribution < 1.29 is 4.52 Å². The molecule has 1 aromatic heterocycles. The first-order valence-electron chi connectivity index (χ1n) is 2.97. The molecule has 0 aliphatic rings. The summed E-state index contributed by atoms with van der Waals surface area (Å²) in [7, 11) is 0. The molecule has 0 unspecified atom stereocenters. The van der Waals surface area contributed by atoms with Gasteiger partial charge in [-0.15, -0.1) is 0 Å². The highest BCUT2D eigenvalue weighted by atomic mass is 79.9. The van der Waals surface area contributed by atoms with Gasteiger partial charge in [0.05, 0.1) is 6.20 Å². The van der Waals surface area contributed by atoms with E-state index in [9.17, 15) is 0 Å². The molecule has 56 valence electrons. The first-order valence-corrected chi connectivity index (χ1v) is 4.14. The predicted octanol–water partition coefficient (Wildman–Crippen LogP) is 3.24. The van der Waals surface area contributed by atoms with Crippen LogP contribution in [-0.2, 0) is 0 Å². The molecule has 0 fully saturated rings. The Morgan fingerprint density at radius 2 is 2.27 bits per heavy atom. The van der Waals surface area contributed by atoms with Crippen LogP contribution >= 0.6 is 27.5 Å². The molecule has 4 heteroatoms. The van der Waals surface area contributed by atoms with Gasteiger partial charge in [-0.05, 0) is 28.1 Å². The van der Waals surface area contributed by atoms with Crippen molar-refractivity contribution in [2.75, 3.05) is 0 Å². The fourth-order valence-corrected chi connectivity index (χ4v) is 1.40. The van der Waals surface area contributed by atoms with Gasteiger partial charge in [-0.3, -0.25) is 0 Å². The van der Waals surface area contributed by atoms with E-state index in [1.54, 1.807) is 6.20 Å². The van der Waals surface area contributed by atoms with Gasteiger partial charge in [0.1, 0.15) is 5.02 Å². The van der Waals surface area contributed by atoms with Gasteiger partial charge in [0, 0.05) is 9.86 Å². The Kier molecular flexibility index (Phi) is 1.62. The van der Waals surface area contributed by atoms with Crippen LogP contribution in [0, 0.1) is 0 Å². The second kappa shape index (κ2) is 2.50. The fraction of sp³-hybridized carbons (Fsp3) is 0. The molecule has 0 N–H and O–H groups in total. The van der Waals surface area contributed by atoms with Crippen molar-refractivity contribution in [3.8, 4) is 0 Å². The Hall–Kier alpha value is -0.540. The van der Waals surface area contributed by atoms with Crippen molar-refractivity contribution in [2.24, 2.45) is 0 Å². The summed E-state index contributed by atoms with van der Waals surface area (Å²) < 4.78 is 5.74. The largest absolute Gasteiger partial charge is 0.355 e. The number of hydrogen-bond acceptors (Lipinski definition) is 2. The van der Waals surface area contributed by atoms with Gasteiger partial charge in [-0.25, -0.2) is 0 Å². The number of hydrogen-bond donors (Lipinski definition) is 0. The Morgan fingerprint density at radius 1 is 1.45 bits per heavy atom. The number of nitrogens with zero attached hydrogens (tertiary/aromatic N) is 1. The third-order valence-electron chi connectivity index (χ3n) is 1.42. The van der Waals surface area contributed by atoms with E-state index in [1.807, 2.05) is 12.1 Å². The summed E-state index contributed by atoms with van der Waals surface area (Å²) in [6.07, 6.45) is 1.63. The normalized spacial score (nSPS) is 10.7. The van der Waals surface area contributed by atoms with Crippen LogP contribution in [0.5, 0.6) is 0 Å². The van der Waals surface area contributed by atoms with Gasteiger partial charge in [-0.2, -0.15) is 0 Å². The summed E-state index contributed by atoms with van der Waals surface area (Å²) in [5.74, 6) is 0. The molecule has 2 nitrogen and oxygen atoms in total. The highest BCUT2D eigenvalue weighted by Gasteiger charge is 2.06. The average Bonchev–Trinajstić information content (AvgIpc) is 2.45. The van der Waals surface area contributed by atoms with Crippen LogP contribution in [0.3, 0.4) is 0 Å². The number of rotatable bonds is 0. The summed E-state index contributed by atoms with van der Waals surface area (Å²) >= 11 is 9.17. The second-order valence-electron chi connectivity index (χ2n) is 2.11. The van der Waals surface area contributed by atoms with Crippen molar-refractivity contribution in [1.29, 1.82) is 0 Å². The Balaban J connectivity index is 2.93. The molecule has 1 heterocycles. The molecule has 0 atom stereocenters. The predicted molar refractivity (Wildman–Crippen MR) is 46.7 cm³/mol. The second-order valence-corrected chi connectivity index (χ2v) is 3.34. The summed E-state index contributed by atoms with van der Waals surface area (Å²) in [6.45, 7) is 0. The molecule has 2 aromatic rings. The lowest BCUT2D eigenvalue weighted by Gasteiger charge is -1.92. The zero-order valence-electron chi connectivity index (χ0n) is 5.34. The molecule has 2 rings (SSSR count). The van der Waals surface area contributed by atoms with Gasteiger partial charge < -0.3 is 4.52 Å². The van der Waals surface area contributed by atoms with E-state index in [1.165, 1.54) is 0 Å². The van der Waals surface area contributed by atoms with Crippen LogP contribution < -0.4 is 0 Å². The molecular weight excluding hydrogens is 229 g/mol. The number of benzene rings is 1. The standard InChI is InChI=1S/C7H3BrClNO/c8-5-2-1-4-3-10-11-7(4)6(5)9/h1-3H. The Morgan fingerprint density at radius 3 is 3.09 bits per heavy atom. The Labute approximate surface area is 76.2 Å². The van der Waals surface area contributed by atoms with Gasteiger partial charge in [0.2, 0.25) is 0 Å². The topological polar surface area (TPSA) is 26.0 Å². The molecule has 0 spiro atoms. The van der Waals surface area contributed by atoms with E-state index in [2.05, 4.69) is 21.1 Å². The maximum Gasteiger partial charge on any atom is 0.186 e. The maximum absolute atomic E-state index is 5.89. The average molecular weight is 232 g/mol. The van der Waals surface area contributed by atoms with Gasteiger partial charge >= 0.3 is 0 Å². The lowest BCUT2D eigenvalue weighted by atomic mass is 10.3. The minimum atomic E-state index is 0.569. The van der Waals surface area contributed by atoms with E-state index in [-0.39, 0.29) is 0 Å². The summed E-state index contributed by atoms with van der Waals surface area (Å²) in [5, 5.41) is 5.11. The van der Waals surface area contributed by atoms with Crippen molar-refractivity contribution in [3.05, 3.63) is 27.8 Å². The van der Waals surface area contributed by atoms with Crippen molar-refractivity contribution in [1.82, 2.24) is 5.16 Å². The van der Waals surface area contributed by atoms with E-state index < -0.39 is 0 Å². The van der Waals surface area contributed by atoms with Crippen LogP contribution in [0.4, 0.5) is 0 Å². The SMILES string of the molecule is Clc1c(Br)ccc2cnoc12. The molecule has 1 aromatic carbocycles. The molecule has 0 bridgehead atoms. The molecule has 0 saturated heterocycles. The first kappa shape index (κ1) is 7.13.